The van der Waals surface area contributed by atoms with Crippen molar-refractivity contribution in [1.29, 1.82) is 0 Å². The molecule has 0 amide bonds. The van der Waals surface area contributed by atoms with Gasteiger partial charge in [-0.05, 0) is 24.9 Å². The first-order chi connectivity index (χ1) is 5.33. The van der Waals surface area contributed by atoms with Gasteiger partial charge in [-0.2, -0.15) is 4.73 Å². The largest absolute Gasteiger partial charge is 0.619 e. The molecule has 1 aromatic rings. The Morgan fingerprint density at radius 2 is 2.00 bits per heavy atom. The first-order valence-corrected chi connectivity index (χ1v) is 3.70. The van der Waals surface area contributed by atoms with Gasteiger partial charge in [0.1, 0.15) is 0 Å². The number of rotatable bonds is 3. The van der Waals surface area contributed by atoms with Crippen LogP contribution in [0.15, 0.2) is 24.5 Å². The van der Waals surface area contributed by atoms with E-state index in [4.69, 9.17) is 5.73 Å². The highest BCUT2D eigenvalue weighted by molar-refractivity contribution is 5.07. The standard InChI is InChI=1S/C8H12N2O/c9-5-1-2-8-3-6-10(11)7-4-8/h3-4,6-7H,1-2,5,9H2. The van der Waals surface area contributed by atoms with E-state index in [2.05, 4.69) is 0 Å². The number of aryl methyl sites for hydroxylation is 1. The number of pyridine rings is 1. The van der Waals surface area contributed by atoms with E-state index in [9.17, 15) is 5.21 Å². The molecule has 0 spiro atoms. The van der Waals surface area contributed by atoms with E-state index in [0.29, 0.717) is 6.54 Å². The number of hydrogen-bond acceptors (Lipinski definition) is 2. The van der Waals surface area contributed by atoms with Crippen LogP contribution in [0.5, 0.6) is 0 Å². The van der Waals surface area contributed by atoms with Gasteiger partial charge in [-0.3, -0.25) is 0 Å². The zero-order valence-corrected chi connectivity index (χ0v) is 6.36. The van der Waals surface area contributed by atoms with Gasteiger partial charge in [0.25, 0.3) is 0 Å². The molecule has 0 fully saturated rings. The van der Waals surface area contributed by atoms with E-state index in [1.807, 2.05) is 12.1 Å². The minimum absolute atomic E-state index is 0.701. The Morgan fingerprint density at radius 3 is 2.55 bits per heavy atom. The summed E-state index contributed by atoms with van der Waals surface area (Å²) in [6, 6.07) is 3.64. The summed E-state index contributed by atoms with van der Waals surface area (Å²) in [5.74, 6) is 0. The Hall–Kier alpha value is -1.09. The number of hydrogen-bond donors (Lipinski definition) is 1. The highest BCUT2D eigenvalue weighted by Gasteiger charge is 1.93. The maximum Gasteiger partial charge on any atom is 0.180 e. The van der Waals surface area contributed by atoms with Crippen LogP contribution in [-0.2, 0) is 6.42 Å². The van der Waals surface area contributed by atoms with Gasteiger partial charge in [-0.1, -0.05) is 0 Å². The molecular formula is C8H12N2O. The Bertz CT molecular complexity index is 208. The van der Waals surface area contributed by atoms with Crippen LogP contribution in [0.25, 0.3) is 0 Å². The lowest BCUT2D eigenvalue weighted by molar-refractivity contribution is -0.605. The van der Waals surface area contributed by atoms with E-state index in [0.717, 1.165) is 17.6 Å². The lowest BCUT2D eigenvalue weighted by atomic mass is 10.1. The Morgan fingerprint density at radius 1 is 1.36 bits per heavy atom. The van der Waals surface area contributed by atoms with Crippen molar-refractivity contribution in [2.24, 2.45) is 5.73 Å². The van der Waals surface area contributed by atoms with Crippen LogP contribution in [0.1, 0.15) is 12.0 Å². The normalized spacial score (nSPS) is 9.91. The fourth-order valence-electron chi connectivity index (χ4n) is 0.916. The van der Waals surface area contributed by atoms with Crippen molar-refractivity contribution in [3.8, 4) is 0 Å². The minimum Gasteiger partial charge on any atom is -0.619 e. The second kappa shape index (κ2) is 3.93. The highest BCUT2D eigenvalue weighted by atomic mass is 16.5. The molecule has 3 heteroatoms. The van der Waals surface area contributed by atoms with Gasteiger partial charge in [0.15, 0.2) is 12.4 Å². The average Bonchev–Trinajstić information content (AvgIpc) is 2.04. The third-order valence-electron chi connectivity index (χ3n) is 1.54. The molecule has 11 heavy (non-hydrogen) atoms. The molecule has 2 N–H and O–H groups in total. The second-order valence-corrected chi connectivity index (χ2v) is 2.46. The maximum absolute atomic E-state index is 10.6. The van der Waals surface area contributed by atoms with E-state index in [1.54, 1.807) is 0 Å². The molecule has 0 radical (unpaired) electrons. The Kier molecular flexibility index (Phi) is 2.86. The van der Waals surface area contributed by atoms with Gasteiger partial charge in [-0.25, -0.2) is 0 Å². The van der Waals surface area contributed by atoms with E-state index in [-0.39, 0.29) is 0 Å². The number of nitrogens with zero attached hydrogens (tertiary/aromatic N) is 1. The molecule has 0 bridgehead atoms. The molecule has 0 atom stereocenters. The summed E-state index contributed by atoms with van der Waals surface area (Å²) >= 11 is 0. The molecule has 1 heterocycles. The Labute approximate surface area is 66.0 Å². The zero-order valence-electron chi connectivity index (χ0n) is 6.36. The van der Waals surface area contributed by atoms with Gasteiger partial charge in [0.05, 0.1) is 0 Å². The van der Waals surface area contributed by atoms with E-state index >= 15 is 0 Å². The fourth-order valence-corrected chi connectivity index (χ4v) is 0.916. The summed E-state index contributed by atoms with van der Waals surface area (Å²) < 4.78 is 0.784. The third kappa shape index (κ3) is 2.55. The molecule has 0 unspecified atom stereocenters. The van der Waals surface area contributed by atoms with Crippen molar-refractivity contribution in [1.82, 2.24) is 0 Å². The molecule has 3 nitrogen and oxygen atoms in total. The minimum atomic E-state index is 0.701. The van der Waals surface area contributed by atoms with Gasteiger partial charge in [-0.15, -0.1) is 0 Å². The van der Waals surface area contributed by atoms with E-state index in [1.165, 1.54) is 18.0 Å². The van der Waals surface area contributed by atoms with Crippen LogP contribution in [0.4, 0.5) is 0 Å². The zero-order chi connectivity index (χ0) is 8.10. The number of aromatic nitrogens is 1. The van der Waals surface area contributed by atoms with Crippen LogP contribution < -0.4 is 10.5 Å². The monoisotopic (exact) mass is 152 g/mol. The molecule has 60 valence electrons. The molecule has 1 rings (SSSR count). The van der Waals surface area contributed by atoms with Crippen LogP contribution in [0, 0.1) is 5.21 Å². The average molecular weight is 152 g/mol. The van der Waals surface area contributed by atoms with Gasteiger partial charge in [0.2, 0.25) is 0 Å². The van der Waals surface area contributed by atoms with Crippen LogP contribution in [0.3, 0.4) is 0 Å². The van der Waals surface area contributed by atoms with Gasteiger partial charge < -0.3 is 10.9 Å². The quantitative estimate of drug-likeness (QED) is 0.497. The Balaban J connectivity index is 2.52. The molecular weight excluding hydrogens is 140 g/mol. The molecule has 0 aromatic carbocycles. The SMILES string of the molecule is NCCCc1cc[n+]([O-])cc1. The van der Waals surface area contributed by atoms with Crippen molar-refractivity contribution in [3.05, 3.63) is 35.3 Å². The molecule has 0 aliphatic rings. The predicted molar refractivity (Wildman–Crippen MR) is 42.8 cm³/mol. The highest BCUT2D eigenvalue weighted by Crippen LogP contribution is 1.98. The molecule has 0 saturated carbocycles. The van der Waals surface area contributed by atoms with E-state index < -0.39 is 0 Å². The summed E-state index contributed by atoms with van der Waals surface area (Å²) in [6.07, 6.45) is 4.94. The topological polar surface area (TPSA) is 53.0 Å². The fraction of sp³-hybridized carbons (Fsp3) is 0.375. The van der Waals surface area contributed by atoms with Gasteiger partial charge in [0, 0.05) is 12.1 Å². The van der Waals surface area contributed by atoms with Crippen LogP contribution in [0.2, 0.25) is 0 Å². The first-order valence-electron chi connectivity index (χ1n) is 3.70. The first kappa shape index (κ1) is 8.01. The smallest absolute Gasteiger partial charge is 0.180 e. The summed E-state index contributed by atoms with van der Waals surface area (Å²) in [5, 5.41) is 10.6. The summed E-state index contributed by atoms with van der Waals surface area (Å²) in [6.45, 7) is 0.701. The molecule has 1 aromatic heterocycles. The van der Waals surface area contributed by atoms with Crippen LogP contribution >= 0.6 is 0 Å². The van der Waals surface area contributed by atoms with Gasteiger partial charge >= 0.3 is 0 Å². The lowest BCUT2D eigenvalue weighted by Crippen LogP contribution is -2.23. The molecule has 0 saturated heterocycles. The molecule has 0 aliphatic heterocycles. The lowest BCUT2D eigenvalue weighted by Gasteiger charge is -1.98. The summed E-state index contributed by atoms with van der Waals surface area (Å²) in [5.41, 5.74) is 6.51. The van der Waals surface area contributed by atoms with Crippen molar-refractivity contribution < 1.29 is 4.73 Å². The number of nitrogens with two attached hydrogens (primary N) is 1. The van der Waals surface area contributed by atoms with Crippen molar-refractivity contribution in [2.75, 3.05) is 6.54 Å². The van der Waals surface area contributed by atoms with Crippen molar-refractivity contribution in [2.45, 2.75) is 12.8 Å². The summed E-state index contributed by atoms with van der Waals surface area (Å²) in [4.78, 5) is 0. The van der Waals surface area contributed by atoms with Crippen molar-refractivity contribution >= 4 is 0 Å². The second-order valence-electron chi connectivity index (χ2n) is 2.46. The summed E-state index contributed by atoms with van der Waals surface area (Å²) in [7, 11) is 0. The van der Waals surface area contributed by atoms with Crippen LogP contribution in [-0.4, -0.2) is 6.54 Å². The molecule has 0 aliphatic carbocycles. The predicted octanol–water partition coefficient (Wildman–Crippen LogP) is 0.211. The maximum atomic E-state index is 10.6. The third-order valence-corrected chi connectivity index (χ3v) is 1.54. The van der Waals surface area contributed by atoms with Crippen molar-refractivity contribution in [3.63, 3.8) is 0 Å².